The van der Waals surface area contributed by atoms with E-state index in [0.717, 1.165) is 24.3 Å². The molecule has 3 N–H and O–H groups in total. The van der Waals surface area contributed by atoms with Crippen molar-refractivity contribution in [3.05, 3.63) is 51.2 Å². The molecule has 0 spiro atoms. The topological polar surface area (TPSA) is 126 Å². The van der Waals surface area contributed by atoms with Gasteiger partial charge in [-0.1, -0.05) is 11.6 Å². The maximum atomic E-state index is 12.0. The van der Waals surface area contributed by atoms with Crippen LogP contribution in [-0.2, 0) is 0 Å². The van der Waals surface area contributed by atoms with E-state index in [-0.39, 0.29) is 28.0 Å². The van der Waals surface area contributed by atoms with Gasteiger partial charge in [0.05, 0.1) is 4.92 Å². The molecule has 0 aliphatic rings. The average molecular weight is 310 g/mol. The van der Waals surface area contributed by atoms with Crippen molar-refractivity contribution < 1.29 is 19.9 Å². The minimum Gasteiger partial charge on any atom is -0.508 e. The van der Waals surface area contributed by atoms with E-state index in [2.05, 4.69) is 10.3 Å². The van der Waals surface area contributed by atoms with E-state index in [1.54, 1.807) is 0 Å². The largest absolute Gasteiger partial charge is 0.508 e. The van der Waals surface area contributed by atoms with Crippen LogP contribution in [0.2, 0.25) is 5.15 Å². The van der Waals surface area contributed by atoms with Gasteiger partial charge in [0.2, 0.25) is 5.82 Å². The van der Waals surface area contributed by atoms with Crippen molar-refractivity contribution in [2.24, 2.45) is 0 Å². The Kier molecular flexibility index (Phi) is 3.90. The van der Waals surface area contributed by atoms with E-state index < -0.39 is 16.5 Å². The monoisotopic (exact) mass is 309 g/mol. The molecule has 0 unspecified atom stereocenters. The summed E-state index contributed by atoms with van der Waals surface area (Å²) in [6.07, 6.45) is 0. The number of nitro groups is 1. The van der Waals surface area contributed by atoms with Gasteiger partial charge in [0.15, 0.2) is 0 Å². The van der Waals surface area contributed by atoms with Gasteiger partial charge in [-0.15, -0.1) is 0 Å². The van der Waals surface area contributed by atoms with E-state index in [0.29, 0.717) is 0 Å². The predicted molar refractivity (Wildman–Crippen MR) is 73.6 cm³/mol. The lowest BCUT2D eigenvalue weighted by Crippen LogP contribution is -2.14. The predicted octanol–water partition coefficient (Wildman–Crippen LogP) is 2.31. The van der Waals surface area contributed by atoms with E-state index in [1.807, 2.05) is 0 Å². The minimum absolute atomic E-state index is 0.0327. The number of amides is 1. The Morgan fingerprint density at radius 2 is 1.86 bits per heavy atom. The van der Waals surface area contributed by atoms with Crippen LogP contribution in [-0.4, -0.2) is 26.0 Å². The fourth-order valence-electron chi connectivity index (χ4n) is 1.57. The molecular weight excluding hydrogens is 302 g/mol. The molecule has 108 valence electrons. The van der Waals surface area contributed by atoms with Crippen LogP contribution in [0.4, 0.5) is 11.5 Å². The molecule has 21 heavy (non-hydrogen) atoms. The highest BCUT2D eigenvalue weighted by atomic mass is 35.5. The number of carbonyl (C=O) groups excluding carboxylic acids is 1. The first-order valence-electron chi connectivity index (χ1n) is 5.52. The van der Waals surface area contributed by atoms with Gasteiger partial charge in [0, 0.05) is 17.7 Å². The maximum Gasteiger partial charge on any atom is 0.311 e. The number of rotatable bonds is 3. The van der Waals surface area contributed by atoms with Crippen LogP contribution in [0.1, 0.15) is 10.4 Å². The maximum absolute atomic E-state index is 12.0. The SMILES string of the molecule is O=C(Nc1nc(Cl)ccc1[N+](=O)[O-])c1cc(O)cc(O)c1. The number of hydrogen-bond acceptors (Lipinski definition) is 6. The molecule has 0 atom stereocenters. The molecule has 0 aliphatic carbocycles. The highest BCUT2D eigenvalue weighted by Gasteiger charge is 2.19. The van der Waals surface area contributed by atoms with Gasteiger partial charge in [0.25, 0.3) is 5.91 Å². The van der Waals surface area contributed by atoms with Crippen molar-refractivity contribution in [1.82, 2.24) is 4.98 Å². The average Bonchev–Trinajstić information content (AvgIpc) is 2.37. The van der Waals surface area contributed by atoms with Crippen LogP contribution >= 0.6 is 11.6 Å². The summed E-state index contributed by atoms with van der Waals surface area (Å²) < 4.78 is 0. The highest BCUT2D eigenvalue weighted by molar-refractivity contribution is 6.29. The third-order valence-electron chi connectivity index (χ3n) is 2.43. The molecule has 2 rings (SSSR count). The van der Waals surface area contributed by atoms with Gasteiger partial charge in [-0.05, 0) is 18.2 Å². The number of nitrogens with one attached hydrogen (secondary N) is 1. The summed E-state index contributed by atoms with van der Waals surface area (Å²) in [5, 5.41) is 31.6. The summed E-state index contributed by atoms with van der Waals surface area (Å²) in [4.78, 5) is 25.8. The van der Waals surface area contributed by atoms with Crippen LogP contribution in [0, 0.1) is 10.1 Å². The second-order valence-corrected chi connectivity index (χ2v) is 4.34. The second-order valence-electron chi connectivity index (χ2n) is 3.95. The number of nitrogens with zero attached hydrogens (tertiary/aromatic N) is 2. The number of benzene rings is 1. The van der Waals surface area contributed by atoms with Crippen molar-refractivity contribution >= 4 is 29.0 Å². The number of phenolic OH excluding ortho intramolecular Hbond substituents is 2. The summed E-state index contributed by atoms with van der Waals surface area (Å²) in [6, 6.07) is 5.54. The molecule has 9 heteroatoms. The molecule has 2 aromatic rings. The van der Waals surface area contributed by atoms with Gasteiger partial charge in [-0.3, -0.25) is 14.9 Å². The van der Waals surface area contributed by atoms with Gasteiger partial charge >= 0.3 is 5.69 Å². The number of hydrogen-bond donors (Lipinski definition) is 3. The van der Waals surface area contributed by atoms with Crippen LogP contribution in [0.25, 0.3) is 0 Å². The van der Waals surface area contributed by atoms with Crippen molar-refractivity contribution in [2.45, 2.75) is 0 Å². The highest BCUT2D eigenvalue weighted by Crippen LogP contribution is 2.26. The molecule has 0 saturated carbocycles. The quantitative estimate of drug-likeness (QED) is 0.454. The van der Waals surface area contributed by atoms with Gasteiger partial charge in [-0.2, -0.15) is 0 Å². The molecule has 0 aliphatic heterocycles. The summed E-state index contributed by atoms with van der Waals surface area (Å²) in [7, 11) is 0. The number of aromatic nitrogens is 1. The number of carbonyl (C=O) groups is 1. The molecule has 1 aromatic carbocycles. The molecule has 1 aromatic heterocycles. The molecule has 1 amide bonds. The van der Waals surface area contributed by atoms with E-state index >= 15 is 0 Å². The minimum atomic E-state index is -0.793. The van der Waals surface area contributed by atoms with Crippen molar-refractivity contribution in [3.63, 3.8) is 0 Å². The van der Waals surface area contributed by atoms with Crippen LogP contribution in [0.5, 0.6) is 11.5 Å². The lowest BCUT2D eigenvalue weighted by molar-refractivity contribution is -0.384. The summed E-state index contributed by atoms with van der Waals surface area (Å²) in [5.74, 6) is -1.78. The lowest BCUT2D eigenvalue weighted by atomic mass is 10.2. The number of aromatic hydroxyl groups is 2. The Hall–Kier alpha value is -2.87. The van der Waals surface area contributed by atoms with E-state index in [9.17, 15) is 25.1 Å². The number of halogens is 1. The Bertz CT molecular complexity index is 715. The Labute approximate surface area is 122 Å². The lowest BCUT2D eigenvalue weighted by Gasteiger charge is -2.06. The fraction of sp³-hybridized carbons (Fsp3) is 0. The summed E-state index contributed by atoms with van der Waals surface area (Å²) in [6.45, 7) is 0. The zero-order valence-electron chi connectivity index (χ0n) is 10.3. The van der Waals surface area contributed by atoms with Crippen molar-refractivity contribution in [3.8, 4) is 11.5 Å². The normalized spacial score (nSPS) is 10.1. The van der Waals surface area contributed by atoms with Crippen LogP contribution in [0.15, 0.2) is 30.3 Å². The van der Waals surface area contributed by atoms with E-state index in [1.165, 1.54) is 6.07 Å². The van der Waals surface area contributed by atoms with Crippen LogP contribution < -0.4 is 5.32 Å². The molecule has 0 fully saturated rings. The summed E-state index contributed by atoms with van der Waals surface area (Å²) in [5.41, 5.74) is -0.527. The number of pyridine rings is 1. The number of phenols is 2. The van der Waals surface area contributed by atoms with Gasteiger partial charge in [0.1, 0.15) is 16.7 Å². The van der Waals surface area contributed by atoms with Gasteiger partial charge < -0.3 is 15.5 Å². The third-order valence-corrected chi connectivity index (χ3v) is 2.64. The Balaban J connectivity index is 2.35. The van der Waals surface area contributed by atoms with Crippen LogP contribution in [0.3, 0.4) is 0 Å². The molecule has 0 bridgehead atoms. The Morgan fingerprint density at radius 1 is 1.24 bits per heavy atom. The Morgan fingerprint density at radius 3 is 2.43 bits per heavy atom. The molecule has 0 saturated heterocycles. The molecule has 8 nitrogen and oxygen atoms in total. The smallest absolute Gasteiger partial charge is 0.311 e. The third kappa shape index (κ3) is 3.37. The first-order chi connectivity index (χ1) is 9.86. The first kappa shape index (κ1) is 14.5. The first-order valence-corrected chi connectivity index (χ1v) is 5.90. The zero-order valence-corrected chi connectivity index (χ0v) is 11.0. The molecule has 1 heterocycles. The van der Waals surface area contributed by atoms with E-state index in [4.69, 9.17) is 11.6 Å². The molecule has 0 radical (unpaired) electrons. The zero-order chi connectivity index (χ0) is 15.6. The standard InChI is InChI=1S/C12H8ClN3O5/c13-10-2-1-9(16(20)21)11(14-10)15-12(19)6-3-7(17)5-8(18)4-6/h1-5,17-18H,(H,14,15,19). The molecular formula is C12H8ClN3O5. The fourth-order valence-corrected chi connectivity index (χ4v) is 1.72. The van der Waals surface area contributed by atoms with Gasteiger partial charge in [-0.25, -0.2) is 4.98 Å². The second kappa shape index (κ2) is 5.63. The summed E-state index contributed by atoms with van der Waals surface area (Å²) >= 11 is 5.64. The van der Waals surface area contributed by atoms with Crippen molar-refractivity contribution in [1.29, 1.82) is 0 Å². The number of anilines is 1. The van der Waals surface area contributed by atoms with Crippen molar-refractivity contribution in [2.75, 3.05) is 5.32 Å².